The van der Waals surface area contributed by atoms with E-state index in [1.165, 1.54) is 26.5 Å². The summed E-state index contributed by atoms with van der Waals surface area (Å²) in [6, 6.07) is 8.44. The lowest BCUT2D eigenvalue weighted by Crippen LogP contribution is -2.09. The summed E-state index contributed by atoms with van der Waals surface area (Å²) in [7, 11) is 2.95. The minimum atomic E-state index is -0.681. The Kier molecular flexibility index (Phi) is 5.84. The smallest absolute Gasteiger partial charge is 0.259 e. The van der Waals surface area contributed by atoms with Crippen molar-refractivity contribution in [2.24, 2.45) is 0 Å². The van der Waals surface area contributed by atoms with Crippen LogP contribution in [0.1, 0.15) is 25.5 Å². The molecule has 4 rings (SSSR count). The molecule has 0 spiro atoms. The minimum absolute atomic E-state index is 0.194. The fraction of sp³-hybridized carbons (Fsp3) is 0.250. The predicted molar refractivity (Wildman–Crippen MR) is 121 cm³/mol. The third-order valence-corrected chi connectivity index (χ3v) is 5.25. The highest BCUT2D eigenvalue weighted by Gasteiger charge is 2.20. The van der Waals surface area contributed by atoms with Crippen LogP contribution < -0.4 is 19.6 Å². The van der Waals surface area contributed by atoms with Crippen molar-refractivity contribution in [3.63, 3.8) is 0 Å². The minimum Gasteiger partial charge on any atom is -0.493 e. The second-order valence-corrected chi connectivity index (χ2v) is 7.90. The van der Waals surface area contributed by atoms with Crippen molar-refractivity contribution in [2.45, 2.75) is 19.8 Å². The van der Waals surface area contributed by atoms with E-state index in [-0.39, 0.29) is 29.3 Å². The number of ether oxygens (including phenoxy) is 3. The van der Waals surface area contributed by atoms with Crippen molar-refractivity contribution >= 4 is 38.8 Å². The molecule has 0 atom stereocenters. The SMILES string of the molecule is COc1cc(OCC(=O)Cl)c(-c2coc3c(ccc4oc(C(C)C)cc43)c2=O)cc1OC. The Morgan fingerprint density at radius 3 is 2.38 bits per heavy atom. The van der Waals surface area contributed by atoms with Gasteiger partial charge < -0.3 is 23.0 Å². The Balaban J connectivity index is 1.94. The van der Waals surface area contributed by atoms with Gasteiger partial charge in [0.15, 0.2) is 18.1 Å². The van der Waals surface area contributed by atoms with Gasteiger partial charge in [-0.15, -0.1) is 0 Å². The first-order valence-corrected chi connectivity index (χ1v) is 10.3. The number of rotatable bonds is 7. The molecule has 2 aromatic carbocycles. The van der Waals surface area contributed by atoms with Crippen LogP contribution in [0.25, 0.3) is 33.1 Å². The summed E-state index contributed by atoms with van der Waals surface area (Å²) in [5, 5.41) is 0.436. The summed E-state index contributed by atoms with van der Waals surface area (Å²) in [6.45, 7) is 3.67. The lowest BCUT2D eigenvalue weighted by molar-refractivity contribution is -0.113. The van der Waals surface area contributed by atoms with Crippen LogP contribution in [0.3, 0.4) is 0 Å². The average Bonchev–Trinajstić information content (AvgIpc) is 3.22. The fourth-order valence-corrected chi connectivity index (χ4v) is 3.58. The Morgan fingerprint density at radius 1 is 1.00 bits per heavy atom. The normalized spacial score (nSPS) is 11.3. The Hall–Kier alpha value is -3.45. The van der Waals surface area contributed by atoms with Gasteiger partial charge in [0.1, 0.15) is 28.9 Å². The third kappa shape index (κ3) is 3.80. The maximum atomic E-state index is 13.4. The summed E-state index contributed by atoms with van der Waals surface area (Å²) in [5.74, 6) is 1.99. The average molecular weight is 457 g/mol. The van der Waals surface area contributed by atoms with Gasteiger partial charge in [-0.05, 0) is 35.9 Å². The lowest BCUT2D eigenvalue weighted by atomic mass is 10.0. The lowest BCUT2D eigenvalue weighted by Gasteiger charge is -2.15. The van der Waals surface area contributed by atoms with Gasteiger partial charge in [0.25, 0.3) is 5.24 Å². The summed E-state index contributed by atoms with van der Waals surface area (Å²) >= 11 is 5.44. The van der Waals surface area contributed by atoms with Gasteiger partial charge in [-0.1, -0.05) is 13.8 Å². The van der Waals surface area contributed by atoms with Gasteiger partial charge in [-0.2, -0.15) is 0 Å². The Bertz CT molecular complexity index is 1380. The highest BCUT2D eigenvalue weighted by molar-refractivity contribution is 6.63. The molecule has 0 fully saturated rings. The maximum Gasteiger partial charge on any atom is 0.259 e. The summed E-state index contributed by atoms with van der Waals surface area (Å²) in [6.07, 6.45) is 1.36. The van der Waals surface area contributed by atoms with Crippen molar-refractivity contribution in [1.29, 1.82) is 0 Å². The number of halogens is 1. The first-order chi connectivity index (χ1) is 15.3. The summed E-state index contributed by atoms with van der Waals surface area (Å²) in [4.78, 5) is 24.7. The molecule has 0 amide bonds. The maximum absolute atomic E-state index is 13.4. The molecule has 166 valence electrons. The van der Waals surface area contributed by atoms with E-state index in [1.807, 2.05) is 19.9 Å². The molecule has 0 saturated carbocycles. The van der Waals surface area contributed by atoms with Gasteiger partial charge in [0.2, 0.25) is 5.43 Å². The van der Waals surface area contributed by atoms with E-state index in [0.717, 1.165) is 11.1 Å². The Morgan fingerprint density at radius 2 is 1.72 bits per heavy atom. The Labute approximate surface area is 188 Å². The zero-order valence-electron chi connectivity index (χ0n) is 18.0. The van der Waals surface area contributed by atoms with Crippen molar-refractivity contribution in [1.82, 2.24) is 0 Å². The van der Waals surface area contributed by atoms with E-state index in [4.69, 9.17) is 34.6 Å². The number of benzene rings is 2. The molecular weight excluding hydrogens is 436 g/mol. The largest absolute Gasteiger partial charge is 0.493 e. The highest BCUT2D eigenvalue weighted by Crippen LogP contribution is 2.40. The number of carbonyl (C=O) groups is 1. The predicted octanol–water partition coefficient (Wildman–Crippen LogP) is 5.49. The molecule has 0 radical (unpaired) electrons. The molecule has 2 aromatic heterocycles. The molecule has 0 saturated heterocycles. The zero-order valence-corrected chi connectivity index (χ0v) is 18.7. The van der Waals surface area contributed by atoms with E-state index < -0.39 is 5.24 Å². The van der Waals surface area contributed by atoms with Crippen molar-refractivity contribution < 1.29 is 27.8 Å². The van der Waals surface area contributed by atoms with Crippen LogP contribution in [0.5, 0.6) is 17.2 Å². The van der Waals surface area contributed by atoms with Crippen molar-refractivity contribution in [2.75, 3.05) is 20.8 Å². The number of methoxy groups -OCH3 is 2. The zero-order chi connectivity index (χ0) is 23.0. The molecule has 2 heterocycles. The third-order valence-electron chi connectivity index (χ3n) is 5.14. The fourth-order valence-electron chi connectivity index (χ4n) is 3.52. The van der Waals surface area contributed by atoms with E-state index in [1.54, 1.807) is 18.2 Å². The van der Waals surface area contributed by atoms with Crippen LogP contribution in [-0.4, -0.2) is 26.1 Å². The van der Waals surface area contributed by atoms with Gasteiger partial charge >= 0.3 is 0 Å². The molecule has 0 bridgehead atoms. The van der Waals surface area contributed by atoms with Crippen molar-refractivity contribution in [3.8, 4) is 28.4 Å². The summed E-state index contributed by atoms with van der Waals surface area (Å²) in [5.41, 5.74) is 1.43. The highest BCUT2D eigenvalue weighted by atomic mass is 35.5. The molecule has 0 unspecified atom stereocenters. The first-order valence-electron chi connectivity index (χ1n) is 9.89. The first kappa shape index (κ1) is 21.8. The molecule has 7 nitrogen and oxygen atoms in total. The monoisotopic (exact) mass is 456 g/mol. The molecular formula is C24H21ClO7. The van der Waals surface area contributed by atoms with E-state index in [2.05, 4.69) is 0 Å². The van der Waals surface area contributed by atoms with Crippen LogP contribution in [0.4, 0.5) is 0 Å². The number of carbonyl (C=O) groups excluding carboxylic acids is 1. The molecule has 8 heteroatoms. The molecule has 0 aliphatic carbocycles. The van der Waals surface area contributed by atoms with Crippen LogP contribution in [0.15, 0.2) is 50.2 Å². The number of hydrogen-bond donors (Lipinski definition) is 0. The second kappa shape index (κ2) is 8.59. The van der Waals surface area contributed by atoms with E-state index >= 15 is 0 Å². The van der Waals surface area contributed by atoms with Crippen LogP contribution >= 0.6 is 11.6 Å². The van der Waals surface area contributed by atoms with Crippen LogP contribution in [-0.2, 0) is 4.79 Å². The molecule has 4 aromatic rings. The molecule has 0 aliphatic rings. The van der Waals surface area contributed by atoms with Crippen LogP contribution in [0, 0.1) is 0 Å². The van der Waals surface area contributed by atoms with E-state index in [0.29, 0.717) is 33.6 Å². The van der Waals surface area contributed by atoms with Gasteiger partial charge in [0, 0.05) is 17.5 Å². The molecule has 32 heavy (non-hydrogen) atoms. The standard InChI is InChI=1S/C24H21ClO7/c1-12(2)18-8-15-17(32-18)6-5-13-23(27)16(10-31-24(13)15)14-7-20(28-3)21(29-4)9-19(14)30-11-22(25)26/h5-10,12H,11H2,1-4H3. The van der Waals surface area contributed by atoms with Gasteiger partial charge in [-0.3, -0.25) is 9.59 Å². The topological polar surface area (TPSA) is 88.1 Å². The molecule has 0 N–H and O–H groups in total. The van der Waals surface area contributed by atoms with Gasteiger partial charge in [0.05, 0.1) is 30.6 Å². The number of furan rings is 1. The number of fused-ring (bicyclic) bond motifs is 3. The summed E-state index contributed by atoms with van der Waals surface area (Å²) < 4.78 is 28.0. The van der Waals surface area contributed by atoms with Crippen molar-refractivity contribution in [3.05, 3.63) is 52.6 Å². The van der Waals surface area contributed by atoms with Gasteiger partial charge in [-0.25, -0.2) is 0 Å². The van der Waals surface area contributed by atoms with Crippen LogP contribution in [0.2, 0.25) is 0 Å². The second-order valence-electron chi connectivity index (χ2n) is 7.48. The number of hydrogen-bond acceptors (Lipinski definition) is 7. The quantitative estimate of drug-likeness (QED) is 0.340. The van der Waals surface area contributed by atoms with E-state index in [9.17, 15) is 9.59 Å². The molecule has 0 aliphatic heterocycles.